The van der Waals surface area contributed by atoms with Crippen LogP contribution < -0.4 is 5.32 Å². The normalized spacial score (nSPS) is 11.0. The molecule has 0 aliphatic carbocycles. The van der Waals surface area contributed by atoms with E-state index in [9.17, 15) is 9.59 Å². The zero-order valence-corrected chi connectivity index (χ0v) is 18.5. The number of carbonyl (C=O) groups excluding carboxylic acids is 2. The van der Waals surface area contributed by atoms with E-state index in [1.165, 1.54) is 23.8 Å². The highest BCUT2D eigenvalue weighted by Crippen LogP contribution is 2.27. The predicted octanol–water partition coefficient (Wildman–Crippen LogP) is 3.12. The van der Waals surface area contributed by atoms with Gasteiger partial charge in [-0.05, 0) is 24.1 Å². The molecule has 2 amide bonds. The van der Waals surface area contributed by atoms with Gasteiger partial charge in [0, 0.05) is 32.3 Å². The largest absolute Gasteiger partial charge is 0.375 e. The molecule has 2 aromatic carbocycles. The third-order valence-electron chi connectivity index (χ3n) is 5.23. The van der Waals surface area contributed by atoms with Crippen molar-refractivity contribution in [3.05, 3.63) is 77.9 Å². The standard InChI is InChI=1S/C24H25N5O4/c1-28(14-19-9-11-33-27-19)24(31)18-12-20-23(21(13-18)26-22(30)15-32-2)29(16-25-20)10-8-17-6-4-3-5-7-17/h3-7,9,11-13,16H,8,10,14-15H2,1-2H3,(H,26,30). The second-order valence-electron chi connectivity index (χ2n) is 7.70. The van der Waals surface area contributed by atoms with Gasteiger partial charge >= 0.3 is 0 Å². The highest BCUT2D eigenvalue weighted by Gasteiger charge is 2.19. The molecule has 9 nitrogen and oxygen atoms in total. The fourth-order valence-electron chi connectivity index (χ4n) is 3.66. The number of methoxy groups -OCH3 is 1. The number of fused-ring (bicyclic) bond motifs is 1. The van der Waals surface area contributed by atoms with Gasteiger partial charge in [-0.15, -0.1) is 0 Å². The molecule has 1 N–H and O–H groups in total. The highest BCUT2D eigenvalue weighted by atomic mass is 16.5. The van der Waals surface area contributed by atoms with Gasteiger partial charge in [0.25, 0.3) is 5.91 Å². The van der Waals surface area contributed by atoms with E-state index in [1.807, 2.05) is 22.8 Å². The van der Waals surface area contributed by atoms with Crippen molar-refractivity contribution in [1.29, 1.82) is 0 Å². The summed E-state index contributed by atoms with van der Waals surface area (Å²) in [5.74, 6) is -0.531. The molecular formula is C24H25N5O4. The van der Waals surface area contributed by atoms with E-state index in [0.29, 0.717) is 35.6 Å². The summed E-state index contributed by atoms with van der Waals surface area (Å²) in [6.45, 7) is 0.876. The van der Waals surface area contributed by atoms with Gasteiger partial charge in [0.15, 0.2) is 0 Å². The van der Waals surface area contributed by atoms with Crippen LogP contribution in [0.5, 0.6) is 0 Å². The van der Waals surface area contributed by atoms with Crippen molar-refractivity contribution in [2.75, 3.05) is 26.1 Å². The lowest BCUT2D eigenvalue weighted by molar-refractivity contribution is -0.119. The number of carbonyl (C=O) groups is 2. The number of aryl methyl sites for hydroxylation is 2. The van der Waals surface area contributed by atoms with E-state index in [0.717, 1.165) is 11.9 Å². The fraction of sp³-hybridized carbons (Fsp3) is 0.250. The van der Waals surface area contributed by atoms with Crippen LogP contribution in [-0.4, -0.2) is 52.2 Å². The van der Waals surface area contributed by atoms with E-state index >= 15 is 0 Å². The van der Waals surface area contributed by atoms with Crippen LogP contribution in [-0.2, 0) is 29.0 Å². The first-order chi connectivity index (χ1) is 16.0. The average Bonchev–Trinajstić information content (AvgIpc) is 3.48. The fourth-order valence-corrected chi connectivity index (χ4v) is 3.66. The van der Waals surface area contributed by atoms with Crippen LogP contribution in [0.4, 0.5) is 5.69 Å². The van der Waals surface area contributed by atoms with E-state index in [1.54, 1.807) is 31.6 Å². The van der Waals surface area contributed by atoms with Crippen LogP contribution in [0.2, 0.25) is 0 Å². The number of anilines is 1. The van der Waals surface area contributed by atoms with Crippen molar-refractivity contribution in [3.8, 4) is 0 Å². The smallest absolute Gasteiger partial charge is 0.254 e. The first kappa shape index (κ1) is 22.2. The van der Waals surface area contributed by atoms with E-state index in [-0.39, 0.29) is 18.4 Å². The Morgan fingerprint density at radius 1 is 1.18 bits per heavy atom. The van der Waals surface area contributed by atoms with Gasteiger partial charge < -0.3 is 24.0 Å². The summed E-state index contributed by atoms with van der Waals surface area (Å²) >= 11 is 0. The third-order valence-corrected chi connectivity index (χ3v) is 5.23. The van der Waals surface area contributed by atoms with Gasteiger partial charge in [0.2, 0.25) is 5.91 Å². The average molecular weight is 447 g/mol. The van der Waals surface area contributed by atoms with Crippen LogP contribution >= 0.6 is 0 Å². The quantitative estimate of drug-likeness (QED) is 0.423. The Morgan fingerprint density at radius 2 is 2.00 bits per heavy atom. The maximum Gasteiger partial charge on any atom is 0.254 e. The van der Waals surface area contributed by atoms with E-state index < -0.39 is 0 Å². The molecule has 0 fully saturated rings. The molecule has 0 saturated heterocycles. The minimum absolute atomic E-state index is 0.0934. The van der Waals surface area contributed by atoms with Crippen molar-refractivity contribution in [2.45, 2.75) is 19.5 Å². The maximum absolute atomic E-state index is 13.1. The topological polar surface area (TPSA) is 102 Å². The first-order valence-electron chi connectivity index (χ1n) is 10.5. The van der Waals surface area contributed by atoms with Crippen molar-refractivity contribution in [1.82, 2.24) is 19.6 Å². The molecule has 9 heteroatoms. The second kappa shape index (κ2) is 10.1. The lowest BCUT2D eigenvalue weighted by Gasteiger charge is -2.17. The summed E-state index contributed by atoms with van der Waals surface area (Å²) in [5.41, 5.74) is 4.15. The predicted molar refractivity (Wildman–Crippen MR) is 123 cm³/mol. The lowest BCUT2D eigenvalue weighted by atomic mass is 10.1. The summed E-state index contributed by atoms with van der Waals surface area (Å²) in [4.78, 5) is 31.4. The summed E-state index contributed by atoms with van der Waals surface area (Å²) in [5, 5.41) is 6.72. The number of nitrogens with zero attached hydrogens (tertiary/aromatic N) is 4. The van der Waals surface area contributed by atoms with Gasteiger partial charge in [-0.3, -0.25) is 9.59 Å². The number of benzene rings is 2. The molecule has 0 saturated carbocycles. The highest BCUT2D eigenvalue weighted by molar-refractivity contribution is 6.05. The lowest BCUT2D eigenvalue weighted by Crippen LogP contribution is -2.26. The molecule has 2 heterocycles. The molecule has 0 unspecified atom stereocenters. The maximum atomic E-state index is 13.1. The monoisotopic (exact) mass is 447 g/mol. The number of rotatable bonds is 9. The Balaban J connectivity index is 1.65. The Kier molecular flexibility index (Phi) is 6.80. The summed E-state index contributed by atoms with van der Waals surface area (Å²) in [6.07, 6.45) is 4.00. The second-order valence-corrected chi connectivity index (χ2v) is 7.70. The Labute approximate surface area is 190 Å². The molecule has 4 rings (SSSR count). The Bertz CT molecular complexity index is 1230. The minimum atomic E-state index is -0.310. The van der Waals surface area contributed by atoms with Crippen LogP contribution in [0.25, 0.3) is 11.0 Å². The van der Waals surface area contributed by atoms with Crippen molar-refractivity contribution < 1.29 is 18.8 Å². The number of imidazole rings is 1. The summed E-state index contributed by atoms with van der Waals surface area (Å²) in [7, 11) is 3.14. The number of hydrogen-bond acceptors (Lipinski definition) is 6. The van der Waals surface area contributed by atoms with Gasteiger partial charge in [-0.25, -0.2) is 4.98 Å². The molecule has 0 bridgehead atoms. The number of nitrogens with one attached hydrogen (secondary N) is 1. The number of ether oxygens (including phenoxy) is 1. The molecule has 0 spiro atoms. The van der Waals surface area contributed by atoms with Crippen molar-refractivity contribution in [3.63, 3.8) is 0 Å². The van der Waals surface area contributed by atoms with Gasteiger partial charge in [-0.1, -0.05) is 35.5 Å². The SMILES string of the molecule is COCC(=O)Nc1cc(C(=O)N(C)Cc2ccon2)cc2ncn(CCc3ccccc3)c12. The van der Waals surface area contributed by atoms with Gasteiger partial charge in [0.05, 0.1) is 29.6 Å². The Morgan fingerprint density at radius 3 is 2.73 bits per heavy atom. The number of hydrogen-bond donors (Lipinski definition) is 1. The Hall–Kier alpha value is -3.98. The van der Waals surface area contributed by atoms with Crippen LogP contribution in [0.15, 0.2) is 65.6 Å². The number of aromatic nitrogens is 3. The molecule has 0 aliphatic rings. The summed E-state index contributed by atoms with van der Waals surface area (Å²) in [6, 6.07) is 15.3. The van der Waals surface area contributed by atoms with Gasteiger partial charge in [-0.2, -0.15) is 0 Å². The zero-order valence-electron chi connectivity index (χ0n) is 18.5. The number of amides is 2. The van der Waals surface area contributed by atoms with Crippen LogP contribution in [0.1, 0.15) is 21.6 Å². The van der Waals surface area contributed by atoms with Crippen molar-refractivity contribution in [2.24, 2.45) is 0 Å². The molecule has 33 heavy (non-hydrogen) atoms. The molecule has 0 aliphatic heterocycles. The van der Waals surface area contributed by atoms with Gasteiger partial charge in [0.1, 0.15) is 18.6 Å². The van der Waals surface area contributed by atoms with Crippen LogP contribution in [0, 0.1) is 0 Å². The third kappa shape index (κ3) is 5.27. The molecule has 2 aromatic heterocycles. The molecule has 4 aromatic rings. The van der Waals surface area contributed by atoms with E-state index in [4.69, 9.17) is 9.26 Å². The van der Waals surface area contributed by atoms with Crippen LogP contribution in [0.3, 0.4) is 0 Å². The first-order valence-corrected chi connectivity index (χ1v) is 10.5. The van der Waals surface area contributed by atoms with E-state index in [2.05, 4.69) is 27.6 Å². The molecule has 0 radical (unpaired) electrons. The van der Waals surface area contributed by atoms with Crippen molar-refractivity contribution >= 4 is 28.5 Å². The molecular weight excluding hydrogens is 422 g/mol. The minimum Gasteiger partial charge on any atom is -0.375 e. The zero-order chi connectivity index (χ0) is 23.2. The summed E-state index contributed by atoms with van der Waals surface area (Å²) < 4.78 is 11.8. The molecule has 170 valence electrons. The molecule has 0 atom stereocenters.